The second-order valence-electron chi connectivity index (χ2n) is 3.39. The highest BCUT2D eigenvalue weighted by atomic mass is 79.9. The Morgan fingerprint density at radius 3 is 2.36 bits per heavy atom. The second-order valence-corrected chi connectivity index (χ2v) is 4.24. The first kappa shape index (κ1) is 9.90. The largest absolute Gasteiger partial charge is 0.369 e. The summed E-state index contributed by atoms with van der Waals surface area (Å²) in [6.45, 7) is 1.63. The standard InChI is InChI=1S/C10H10BrF2N/c11-7-3-4-8(10(13)9(7)12)14-5-1-2-6-14/h3-4H,1-2,5-6H2. The molecule has 1 heterocycles. The van der Waals surface area contributed by atoms with E-state index in [9.17, 15) is 8.78 Å². The molecule has 1 fully saturated rings. The first-order valence-electron chi connectivity index (χ1n) is 4.58. The molecule has 4 heteroatoms. The lowest BCUT2D eigenvalue weighted by Gasteiger charge is -2.18. The maximum Gasteiger partial charge on any atom is 0.183 e. The van der Waals surface area contributed by atoms with Gasteiger partial charge in [-0.25, -0.2) is 8.78 Å². The van der Waals surface area contributed by atoms with Crippen LogP contribution in [-0.4, -0.2) is 13.1 Å². The second kappa shape index (κ2) is 3.85. The zero-order valence-corrected chi connectivity index (χ0v) is 9.15. The SMILES string of the molecule is Fc1c(Br)ccc(N2CCCC2)c1F. The minimum Gasteiger partial charge on any atom is -0.369 e. The molecule has 0 N–H and O–H groups in total. The summed E-state index contributed by atoms with van der Waals surface area (Å²) < 4.78 is 26.8. The minimum atomic E-state index is -0.797. The Balaban J connectivity index is 2.38. The number of hydrogen-bond donors (Lipinski definition) is 0. The van der Waals surface area contributed by atoms with Crippen molar-refractivity contribution in [2.24, 2.45) is 0 Å². The van der Waals surface area contributed by atoms with Crippen LogP contribution in [0.4, 0.5) is 14.5 Å². The van der Waals surface area contributed by atoms with Crippen LogP contribution in [0.15, 0.2) is 16.6 Å². The fourth-order valence-electron chi connectivity index (χ4n) is 1.72. The molecule has 1 saturated heterocycles. The van der Waals surface area contributed by atoms with E-state index in [0.717, 1.165) is 25.9 Å². The molecule has 0 aliphatic carbocycles. The van der Waals surface area contributed by atoms with Gasteiger partial charge < -0.3 is 4.90 Å². The smallest absolute Gasteiger partial charge is 0.183 e. The molecule has 0 atom stereocenters. The molecule has 1 aliphatic heterocycles. The Labute approximate surface area is 89.8 Å². The van der Waals surface area contributed by atoms with Gasteiger partial charge in [0, 0.05) is 13.1 Å². The van der Waals surface area contributed by atoms with Crippen molar-refractivity contribution >= 4 is 21.6 Å². The number of halogens is 3. The van der Waals surface area contributed by atoms with Crippen LogP contribution in [0, 0.1) is 11.6 Å². The Morgan fingerprint density at radius 1 is 1.07 bits per heavy atom. The number of benzene rings is 1. The lowest BCUT2D eigenvalue weighted by molar-refractivity contribution is 0.503. The van der Waals surface area contributed by atoms with Gasteiger partial charge in [-0.1, -0.05) is 0 Å². The van der Waals surface area contributed by atoms with E-state index in [1.165, 1.54) is 0 Å². The maximum absolute atomic E-state index is 13.5. The molecule has 1 aromatic rings. The molecule has 0 unspecified atom stereocenters. The Bertz CT molecular complexity index is 348. The molecular weight excluding hydrogens is 252 g/mol. The topological polar surface area (TPSA) is 3.24 Å². The molecule has 0 spiro atoms. The molecular formula is C10H10BrF2N. The van der Waals surface area contributed by atoms with Gasteiger partial charge in [0.2, 0.25) is 0 Å². The van der Waals surface area contributed by atoms with Crippen molar-refractivity contribution < 1.29 is 8.78 Å². The van der Waals surface area contributed by atoms with E-state index in [2.05, 4.69) is 15.9 Å². The van der Waals surface area contributed by atoms with E-state index in [4.69, 9.17) is 0 Å². The molecule has 2 rings (SSSR count). The Kier molecular flexibility index (Phi) is 2.72. The van der Waals surface area contributed by atoms with Gasteiger partial charge in [-0.15, -0.1) is 0 Å². The van der Waals surface area contributed by atoms with Crippen molar-refractivity contribution in [3.05, 3.63) is 28.2 Å². The average Bonchev–Trinajstić information content (AvgIpc) is 2.67. The summed E-state index contributed by atoms with van der Waals surface area (Å²) in [4.78, 5) is 1.88. The minimum absolute atomic E-state index is 0.179. The highest BCUT2D eigenvalue weighted by molar-refractivity contribution is 9.10. The third-order valence-electron chi connectivity index (χ3n) is 2.46. The molecule has 0 aromatic heterocycles. The molecule has 76 valence electrons. The van der Waals surface area contributed by atoms with Crippen LogP contribution in [-0.2, 0) is 0 Å². The van der Waals surface area contributed by atoms with Crippen LogP contribution in [0.5, 0.6) is 0 Å². The first-order chi connectivity index (χ1) is 6.70. The lowest BCUT2D eigenvalue weighted by atomic mass is 10.2. The summed E-state index contributed by atoms with van der Waals surface area (Å²) in [6.07, 6.45) is 2.11. The fraction of sp³-hybridized carbons (Fsp3) is 0.400. The summed E-state index contributed by atoms with van der Waals surface area (Å²) in [7, 11) is 0. The van der Waals surface area contributed by atoms with E-state index >= 15 is 0 Å². The van der Waals surface area contributed by atoms with Gasteiger partial charge in [-0.05, 0) is 40.9 Å². The predicted molar refractivity (Wildman–Crippen MR) is 55.5 cm³/mol. The Hall–Kier alpha value is -0.640. The maximum atomic E-state index is 13.5. The molecule has 0 bridgehead atoms. The van der Waals surface area contributed by atoms with Crippen LogP contribution in [0.1, 0.15) is 12.8 Å². The molecule has 1 nitrogen and oxygen atoms in total. The van der Waals surface area contributed by atoms with E-state index < -0.39 is 11.6 Å². The number of anilines is 1. The van der Waals surface area contributed by atoms with Gasteiger partial charge in [0.15, 0.2) is 11.6 Å². The molecule has 14 heavy (non-hydrogen) atoms. The molecule has 1 aliphatic rings. The highest BCUT2D eigenvalue weighted by Gasteiger charge is 2.19. The lowest BCUT2D eigenvalue weighted by Crippen LogP contribution is -2.19. The van der Waals surface area contributed by atoms with Gasteiger partial charge in [0.05, 0.1) is 10.2 Å². The molecule has 1 aromatic carbocycles. The van der Waals surface area contributed by atoms with Crippen molar-refractivity contribution in [1.82, 2.24) is 0 Å². The van der Waals surface area contributed by atoms with Crippen molar-refractivity contribution in [2.75, 3.05) is 18.0 Å². The van der Waals surface area contributed by atoms with Gasteiger partial charge in [0.1, 0.15) is 0 Å². The van der Waals surface area contributed by atoms with Crippen molar-refractivity contribution in [3.63, 3.8) is 0 Å². The van der Waals surface area contributed by atoms with E-state index in [1.807, 2.05) is 4.90 Å². The average molecular weight is 262 g/mol. The van der Waals surface area contributed by atoms with Crippen LogP contribution in [0.25, 0.3) is 0 Å². The summed E-state index contributed by atoms with van der Waals surface area (Å²) in [5.74, 6) is -1.55. The fourth-order valence-corrected chi connectivity index (χ4v) is 2.02. The molecule has 0 saturated carbocycles. The first-order valence-corrected chi connectivity index (χ1v) is 5.38. The number of hydrogen-bond acceptors (Lipinski definition) is 1. The quantitative estimate of drug-likeness (QED) is 0.702. The summed E-state index contributed by atoms with van der Waals surface area (Å²) >= 11 is 2.96. The van der Waals surface area contributed by atoms with Crippen molar-refractivity contribution in [3.8, 4) is 0 Å². The van der Waals surface area contributed by atoms with Gasteiger partial charge in [0.25, 0.3) is 0 Å². The number of rotatable bonds is 1. The van der Waals surface area contributed by atoms with Crippen LogP contribution < -0.4 is 4.90 Å². The third-order valence-corrected chi connectivity index (χ3v) is 3.07. The van der Waals surface area contributed by atoms with Crippen molar-refractivity contribution in [2.45, 2.75) is 12.8 Å². The van der Waals surface area contributed by atoms with Gasteiger partial charge >= 0.3 is 0 Å². The summed E-state index contributed by atoms with van der Waals surface area (Å²) in [5, 5.41) is 0. The Morgan fingerprint density at radius 2 is 1.71 bits per heavy atom. The van der Waals surface area contributed by atoms with Crippen LogP contribution >= 0.6 is 15.9 Å². The van der Waals surface area contributed by atoms with E-state index in [0.29, 0.717) is 5.69 Å². The number of nitrogens with zero attached hydrogens (tertiary/aromatic N) is 1. The highest BCUT2D eigenvalue weighted by Crippen LogP contribution is 2.29. The summed E-state index contributed by atoms with van der Waals surface area (Å²) in [6, 6.07) is 3.17. The monoisotopic (exact) mass is 261 g/mol. The predicted octanol–water partition coefficient (Wildman–Crippen LogP) is 3.33. The van der Waals surface area contributed by atoms with Crippen LogP contribution in [0.2, 0.25) is 0 Å². The zero-order chi connectivity index (χ0) is 10.1. The molecule has 0 radical (unpaired) electrons. The van der Waals surface area contributed by atoms with E-state index in [1.54, 1.807) is 12.1 Å². The van der Waals surface area contributed by atoms with E-state index in [-0.39, 0.29) is 4.47 Å². The molecule has 0 amide bonds. The normalized spacial score (nSPS) is 16.4. The zero-order valence-electron chi connectivity index (χ0n) is 7.56. The van der Waals surface area contributed by atoms with Gasteiger partial charge in [-0.2, -0.15) is 0 Å². The summed E-state index contributed by atoms with van der Waals surface area (Å²) in [5.41, 5.74) is 0.378. The van der Waals surface area contributed by atoms with Crippen molar-refractivity contribution in [1.29, 1.82) is 0 Å². The van der Waals surface area contributed by atoms with Crippen LogP contribution in [0.3, 0.4) is 0 Å². The van der Waals surface area contributed by atoms with Gasteiger partial charge in [-0.3, -0.25) is 0 Å². The third kappa shape index (κ3) is 1.63.